The number of unbranched alkanes of at least 4 members (excludes halogenated alkanes) is 10. The highest BCUT2D eigenvalue weighted by Gasteiger charge is 2.20. The number of rotatable bonds is 25. The Bertz CT molecular complexity index is 1880. The van der Waals surface area contributed by atoms with Crippen LogP contribution in [0.25, 0.3) is 0 Å². The molecule has 7 heteroatoms. The minimum Gasteiger partial charge on any atom is -0.494 e. The molecule has 0 unspecified atom stereocenters. The Labute approximate surface area is 340 Å². The summed E-state index contributed by atoms with van der Waals surface area (Å²) in [5.41, 5.74) is 4.63. The van der Waals surface area contributed by atoms with Crippen molar-refractivity contribution in [2.75, 3.05) is 23.4 Å². The molecule has 0 radical (unpaired) electrons. The van der Waals surface area contributed by atoms with Gasteiger partial charge < -0.3 is 24.4 Å². The van der Waals surface area contributed by atoms with Crippen molar-refractivity contribution in [3.63, 3.8) is 0 Å². The van der Waals surface area contributed by atoms with Crippen LogP contribution in [0.5, 0.6) is 17.2 Å². The average molecular weight is 769 g/mol. The zero-order valence-corrected chi connectivity index (χ0v) is 33.9. The molecule has 0 saturated heterocycles. The lowest BCUT2D eigenvalue weighted by Gasteiger charge is -2.24. The molecule has 0 aromatic heterocycles. The number of amides is 1. The molecule has 1 N–H and O–H groups in total. The summed E-state index contributed by atoms with van der Waals surface area (Å²) in [6.45, 7) is 6.90. The van der Waals surface area contributed by atoms with Crippen molar-refractivity contribution in [2.24, 2.45) is 0 Å². The van der Waals surface area contributed by atoms with Gasteiger partial charge in [-0.15, -0.1) is 0 Å². The van der Waals surface area contributed by atoms with E-state index in [0.29, 0.717) is 42.3 Å². The first kappa shape index (κ1) is 42.6. The number of anilines is 2. The molecule has 0 fully saturated rings. The van der Waals surface area contributed by atoms with E-state index in [1.165, 1.54) is 64.2 Å². The summed E-state index contributed by atoms with van der Waals surface area (Å²) in [6.07, 6.45) is 14.8. The number of ether oxygens (including phenoxy) is 3. The van der Waals surface area contributed by atoms with Gasteiger partial charge in [0, 0.05) is 23.5 Å². The maximum Gasteiger partial charge on any atom is 0.343 e. The van der Waals surface area contributed by atoms with Crippen LogP contribution in [-0.4, -0.2) is 25.1 Å². The zero-order chi connectivity index (χ0) is 39.9. The van der Waals surface area contributed by atoms with Crippen molar-refractivity contribution in [3.8, 4) is 17.2 Å². The van der Waals surface area contributed by atoms with E-state index < -0.39 is 5.97 Å². The highest BCUT2D eigenvalue weighted by Crippen LogP contribution is 2.25. The van der Waals surface area contributed by atoms with E-state index in [9.17, 15) is 9.59 Å². The number of carbonyl (C=O) groups excluding carboxylic acids is 2. The summed E-state index contributed by atoms with van der Waals surface area (Å²) >= 11 is 0. The Morgan fingerprint density at radius 3 is 1.58 bits per heavy atom. The predicted molar refractivity (Wildman–Crippen MR) is 233 cm³/mol. The summed E-state index contributed by atoms with van der Waals surface area (Å²) in [5.74, 6) is 1.58. The number of carbonyl (C=O) groups is 2. The fourth-order valence-corrected chi connectivity index (χ4v) is 6.52. The van der Waals surface area contributed by atoms with Crippen molar-refractivity contribution in [2.45, 2.75) is 104 Å². The highest BCUT2D eigenvalue weighted by atomic mass is 16.5. The van der Waals surface area contributed by atoms with Crippen LogP contribution in [0.1, 0.15) is 123 Å². The molecule has 5 aromatic rings. The number of hydrogen-bond acceptors (Lipinski definition) is 6. The molecule has 1 amide bonds. The molecule has 0 atom stereocenters. The van der Waals surface area contributed by atoms with Gasteiger partial charge in [0.1, 0.15) is 17.2 Å². The Morgan fingerprint density at radius 2 is 1.02 bits per heavy atom. The number of nitrogens with one attached hydrogen (secondary N) is 1. The Morgan fingerprint density at radius 1 is 0.509 bits per heavy atom. The molecule has 57 heavy (non-hydrogen) atoms. The average Bonchev–Trinajstić information content (AvgIpc) is 3.25. The fourth-order valence-electron chi connectivity index (χ4n) is 6.52. The number of benzene rings is 5. The number of esters is 1. The van der Waals surface area contributed by atoms with Gasteiger partial charge in [-0.3, -0.25) is 4.79 Å². The minimum atomic E-state index is -0.460. The van der Waals surface area contributed by atoms with Gasteiger partial charge in [-0.05, 0) is 109 Å². The molecule has 0 aliphatic carbocycles. The van der Waals surface area contributed by atoms with Crippen LogP contribution in [0, 0.1) is 0 Å². The molecular formula is C50H60N2O5. The molecule has 5 rings (SSSR count). The van der Waals surface area contributed by atoms with Crippen LogP contribution in [0.3, 0.4) is 0 Å². The van der Waals surface area contributed by atoms with Crippen LogP contribution < -0.4 is 24.4 Å². The van der Waals surface area contributed by atoms with E-state index in [-0.39, 0.29) is 5.91 Å². The van der Waals surface area contributed by atoms with E-state index in [2.05, 4.69) is 31.3 Å². The molecule has 0 aliphatic rings. The molecule has 7 nitrogen and oxygen atoms in total. The normalized spacial score (nSPS) is 10.8. The first-order chi connectivity index (χ1) is 28.0. The van der Waals surface area contributed by atoms with E-state index in [0.717, 1.165) is 47.8 Å². The van der Waals surface area contributed by atoms with Crippen molar-refractivity contribution in [1.29, 1.82) is 0 Å². The molecule has 0 heterocycles. The standard InChI is InChI=1S/C50H60N2O5/c1-3-5-7-9-11-16-36-55-46-32-20-40(21-33-46)38-51-44-28-24-42(25-29-44)49(53)52(39-41-22-34-47(35-23-41)56-37-17-12-10-8-6-4-2)45-30-26-43(27-31-45)50(54)57-48-18-14-13-15-19-48/h13-15,18-35,51H,3-12,16-17,36-39H2,1-2H3. The van der Waals surface area contributed by atoms with Gasteiger partial charge in [0.05, 0.1) is 25.3 Å². The van der Waals surface area contributed by atoms with Gasteiger partial charge in [0.2, 0.25) is 0 Å². The largest absolute Gasteiger partial charge is 0.494 e. The Kier molecular flexibility index (Phi) is 18.0. The molecule has 5 aromatic carbocycles. The van der Waals surface area contributed by atoms with Crippen molar-refractivity contribution < 1.29 is 23.8 Å². The number of para-hydroxylation sites is 1. The van der Waals surface area contributed by atoms with E-state index in [4.69, 9.17) is 14.2 Å². The molecule has 0 bridgehead atoms. The summed E-state index contributed by atoms with van der Waals surface area (Å²) in [4.78, 5) is 28.8. The smallest absolute Gasteiger partial charge is 0.343 e. The third-order valence-corrected chi connectivity index (χ3v) is 9.96. The summed E-state index contributed by atoms with van der Waals surface area (Å²) in [7, 11) is 0. The van der Waals surface area contributed by atoms with Crippen LogP contribution >= 0.6 is 0 Å². The van der Waals surface area contributed by atoms with Gasteiger partial charge in [0.25, 0.3) is 5.91 Å². The molecule has 0 aliphatic heterocycles. The predicted octanol–water partition coefficient (Wildman–Crippen LogP) is 12.8. The zero-order valence-electron chi connectivity index (χ0n) is 33.9. The summed E-state index contributed by atoms with van der Waals surface area (Å²) < 4.78 is 17.5. The SMILES string of the molecule is CCCCCCCCOc1ccc(CNc2ccc(C(=O)N(Cc3ccc(OCCCCCCCC)cc3)c3ccc(C(=O)Oc4ccccc4)cc3)cc2)cc1. The van der Waals surface area contributed by atoms with Gasteiger partial charge in [-0.25, -0.2) is 4.79 Å². The lowest BCUT2D eigenvalue weighted by molar-refractivity contribution is 0.0734. The topological polar surface area (TPSA) is 77.1 Å². The fraction of sp³-hybridized carbons (Fsp3) is 0.360. The maximum atomic E-state index is 14.2. The Balaban J connectivity index is 1.19. The first-order valence-corrected chi connectivity index (χ1v) is 21.0. The monoisotopic (exact) mass is 768 g/mol. The third kappa shape index (κ3) is 14.8. The van der Waals surface area contributed by atoms with Gasteiger partial charge >= 0.3 is 5.97 Å². The summed E-state index contributed by atoms with van der Waals surface area (Å²) in [6, 6.07) is 39.7. The molecular weight excluding hydrogens is 709 g/mol. The van der Waals surface area contributed by atoms with Crippen molar-refractivity contribution >= 4 is 23.3 Å². The van der Waals surface area contributed by atoms with Crippen LogP contribution in [0.4, 0.5) is 11.4 Å². The second kappa shape index (κ2) is 24.2. The van der Waals surface area contributed by atoms with Gasteiger partial charge in [-0.2, -0.15) is 0 Å². The first-order valence-electron chi connectivity index (χ1n) is 21.0. The molecule has 300 valence electrons. The third-order valence-electron chi connectivity index (χ3n) is 9.96. The van der Waals surface area contributed by atoms with Crippen LogP contribution in [0.2, 0.25) is 0 Å². The van der Waals surface area contributed by atoms with Gasteiger partial charge in [0.15, 0.2) is 0 Å². The van der Waals surface area contributed by atoms with Crippen molar-refractivity contribution in [1.82, 2.24) is 0 Å². The highest BCUT2D eigenvalue weighted by molar-refractivity contribution is 6.06. The Hall–Kier alpha value is -5.56. The summed E-state index contributed by atoms with van der Waals surface area (Å²) in [5, 5.41) is 3.47. The van der Waals surface area contributed by atoms with Crippen molar-refractivity contribution in [3.05, 3.63) is 150 Å². The number of hydrogen-bond donors (Lipinski definition) is 1. The quantitative estimate of drug-likeness (QED) is 0.0362. The van der Waals surface area contributed by atoms with Crippen LogP contribution in [0.15, 0.2) is 127 Å². The minimum absolute atomic E-state index is 0.152. The number of nitrogens with zero attached hydrogens (tertiary/aromatic N) is 1. The van der Waals surface area contributed by atoms with Gasteiger partial charge in [-0.1, -0.05) is 121 Å². The van der Waals surface area contributed by atoms with Crippen LogP contribution in [-0.2, 0) is 13.1 Å². The second-order valence-corrected chi connectivity index (χ2v) is 14.6. The second-order valence-electron chi connectivity index (χ2n) is 14.6. The molecule has 0 spiro atoms. The maximum absolute atomic E-state index is 14.2. The lowest BCUT2D eigenvalue weighted by atomic mass is 10.1. The van der Waals surface area contributed by atoms with E-state index >= 15 is 0 Å². The molecule has 0 saturated carbocycles. The van der Waals surface area contributed by atoms with E-state index in [1.807, 2.05) is 78.9 Å². The van der Waals surface area contributed by atoms with E-state index in [1.54, 1.807) is 41.3 Å². The lowest BCUT2D eigenvalue weighted by Crippen LogP contribution is -2.30.